The van der Waals surface area contributed by atoms with Gasteiger partial charge in [0.25, 0.3) is 0 Å². The van der Waals surface area contributed by atoms with Gasteiger partial charge in [-0.2, -0.15) is 0 Å². The lowest BCUT2D eigenvalue weighted by molar-refractivity contribution is 0.134. The largest absolute Gasteiger partial charge is 0.388 e. The zero-order chi connectivity index (χ0) is 12.7. The SMILES string of the molecule is Cc1ccc(C(O)C2Cc3ccccc32)cc1Cl. The van der Waals surface area contributed by atoms with Gasteiger partial charge >= 0.3 is 0 Å². The Hall–Kier alpha value is -1.31. The van der Waals surface area contributed by atoms with Crippen LogP contribution in [0.2, 0.25) is 5.02 Å². The lowest BCUT2D eigenvalue weighted by Gasteiger charge is -2.34. The van der Waals surface area contributed by atoms with Crippen molar-refractivity contribution in [3.05, 3.63) is 69.7 Å². The molecule has 3 rings (SSSR count). The van der Waals surface area contributed by atoms with Crippen LogP contribution < -0.4 is 0 Å². The number of benzene rings is 2. The first kappa shape index (κ1) is 11.8. The number of aryl methyl sites for hydroxylation is 1. The van der Waals surface area contributed by atoms with Crippen LogP contribution in [0.15, 0.2) is 42.5 Å². The Bertz CT molecular complexity index is 591. The van der Waals surface area contributed by atoms with Crippen LogP contribution in [-0.2, 0) is 6.42 Å². The minimum absolute atomic E-state index is 0.208. The Morgan fingerprint density at radius 3 is 2.72 bits per heavy atom. The van der Waals surface area contributed by atoms with Gasteiger partial charge < -0.3 is 5.11 Å². The van der Waals surface area contributed by atoms with Crippen LogP contribution in [0.5, 0.6) is 0 Å². The maximum absolute atomic E-state index is 10.4. The van der Waals surface area contributed by atoms with E-state index in [0.29, 0.717) is 0 Å². The molecule has 0 saturated heterocycles. The summed E-state index contributed by atoms with van der Waals surface area (Å²) in [6.45, 7) is 1.97. The van der Waals surface area contributed by atoms with Gasteiger partial charge in [-0.05, 0) is 41.7 Å². The standard InChI is InChI=1S/C16H15ClO/c1-10-6-7-12(9-15(10)17)16(18)14-8-11-4-2-3-5-13(11)14/h2-7,9,14,16,18H,8H2,1H3. The highest BCUT2D eigenvalue weighted by Crippen LogP contribution is 2.43. The summed E-state index contributed by atoms with van der Waals surface area (Å²) in [7, 11) is 0. The van der Waals surface area contributed by atoms with E-state index < -0.39 is 6.10 Å². The third-order valence-corrected chi connectivity index (χ3v) is 4.22. The average molecular weight is 259 g/mol. The molecule has 1 aliphatic carbocycles. The van der Waals surface area contributed by atoms with Crippen LogP contribution in [-0.4, -0.2) is 5.11 Å². The summed E-state index contributed by atoms with van der Waals surface area (Å²) < 4.78 is 0. The number of hydrogen-bond donors (Lipinski definition) is 1. The third-order valence-electron chi connectivity index (χ3n) is 3.81. The highest BCUT2D eigenvalue weighted by atomic mass is 35.5. The summed E-state index contributed by atoms with van der Waals surface area (Å²) in [5.41, 5.74) is 4.56. The van der Waals surface area contributed by atoms with Crippen LogP contribution in [0.1, 0.15) is 34.3 Å². The summed E-state index contributed by atoms with van der Waals surface area (Å²) in [6.07, 6.45) is 0.487. The average Bonchev–Trinajstić information content (AvgIpc) is 2.34. The second kappa shape index (κ2) is 4.42. The van der Waals surface area contributed by atoms with E-state index in [-0.39, 0.29) is 5.92 Å². The molecule has 18 heavy (non-hydrogen) atoms. The van der Waals surface area contributed by atoms with Crippen molar-refractivity contribution in [2.75, 3.05) is 0 Å². The Kier molecular flexibility index (Phi) is 2.89. The summed E-state index contributed by atoms with van der Waals surface area (Å²) in [5.74, 6) is 0.208. The number of halogens is 1. The highest BCUT2D eigenvalue weighted by Gasteiger charge is 2.32. The molecule has 0 saturated carbocycles. The normalized spacial score (nSPS) is 18.9. The van der Waals surface area contributed by atoms with E-state index in [4.69, 9.17) is 11.6 Å². The second-order valence-corrected chi connectivity index (χ2v) is 5.37. The predicted molar refractivity (Wildman–Crippen MR) is 74.0 cm³/mol. The molecular weight excluding hydrogens is 244 g/mol. The summed E-state index contributed by atoms with van der Waals surface area (Å²) in [4.78, 5) is 0. The fourth-order valence-electron chi connectivity index (χ4n) is 2.60. The van der Waals surface area contributed by atoms with E-state index in [9.17, 15) is 5.11 Å². The number of rotatable bonds is 2. The molecule has 0 radical (unpaired) electrons. The van der Waals surface area contributed by atoms with Crippen molar-refractivity contribution in [3.63, 3.8) is 0 Å². The Labute approximate surface area is 112 Å². The first-order valence-electron chi connectivity index (χ1n) is 6.19. The molecule has 1 N–H and O–H groups in total. The second-order valence-electron chi connectivity index (χ2n) is 4.96. The van der Waals surface area contributed by atoms with Crippen molar-refractivity contribution < 1.29 is 5.11 Å². The molecule has 0 aliphatic heterocycles. The van der Waals surface area contributed by atoms with Gasteiger partial charge in [-0.3, -0.25) is 0 Å². The van der Waals surface area contributed by atoms with E-state index in [1.54, 1.807) is 0 Å². The third kappa shape index (κ3) is 1.84. The molecule has 0 heterocycles. The molecule has 0 fully saturated rings. The fourth-order valence-corrected chi connectivity index (χ4v) is 2.79. The molecule has 0 spiro atoms. The summed E-state index contributed by atoms with van der Waals surface area (Å²) >= 11 is 6.11. The van der Waals surface area contributed by atoms with Crippen molar-refractivity contribution in [2.45, 2.75) is 25.4 Å². The van der Waals surface area contributed by atoms with Gasteiger partial charge in [0, 0.05) is 10.9 Å². The zero-order valence-electron chi connectivity index (χ0n) is 10.2. The van der Waals surface area contributed by atoms with Crippen LogP contribution in [0.4, 0.5) is 0 Å². The van der Waals surface area contributed by atoms with Crippen LogP contribution in [0, 0.1) is 6.92 Å². The number of fused-ring (bicyclic) bond motifs is 1. The van der Waals surface area contributed by atoms with Crippen molar-refractivity contribution in [1.82, 2.24) is 0 Å². The van der Waals surface area contributed by atoms with Crippen LogP contribution >= 0.6 is 11.6 Å². The van der Waals surface area contributed by atoms with E-state index in [2.05, 4.69) is 12.1 Å². The van der Waals surface area contributed by atoms with Crippen LogP contribution in [0.25, 0.3) is 0 Å². The molecule has 2 heteroatoms. The van der Waals surface area contributed by atoms with Gasteiger partial charge in [0.1, 0.15) is 0 Å². The van der Waals surface area contributed by atoms with Crippen LogP contribution in [0.3, 0.4) is 0 Å². The molecule has 1 nitrogen and oxygen atoms in total. The molecule has 92 valence electrons. The molecular formula is C16H15ClO. The van der Waals surface area contributed by atoms with Gasteiger partial charge in [0.05, 0.1) is 6.10 Å². The predicted octanol–water partition coefficient (Wildman–Crippen LogP) is 4.02. The van der Waals surface area contributed by atoms with Crippen molar-refractivity contribution >= 4 is 11.6 Å². The van der Waals surface area contributed by atoms with Crippen molar-refractivity contribution in [1.29, 1.82) is 0 Å². The molecule has 1 aliphatic rings. The van der Waals surface area contributed by atoms with E-state index in [1.807, 2.05) is 37.3 Å². The lowest BCUT2D eigenvalue weighted by Crippen LogP contribution is -2.23. The number of hydrogen-bond acceptors (Lipinski definition) is 1. The fraction of sp³-hybridized carbons (Fsp3) is 0.250. The van der Waals surface area contributed by atoms with E-state index in [1.165, 1.54) is 11.1 Å². The van der Waals surface area contributed by atoms with E-state index in [0.717, 1.165) is 22.6 Å². The number of aliphatic hydroxyl groups excluding tert-OH is 1. The lowest BCUT2D eigenvalue weighted by atomic mass is 9.73. The quantitative estimate of drug-likeness (QED) is 0.863. The minimum atomic E-state index is -0.460. The monoisotopic (exact) mass is 258 g/mol. The number of aliphatic hydroxyl groups is 1. The topological polar surface area (TPSA) is 20.2 Å². The molecule has 0 amide bonds. The molecule has 0 aromatic heterocycles. The Morgan fingerprint density at radius 2 is 2.00 bits per heavy atom. The van der Waals surface area contributed by atoms with E-state index >= 15 is 0 Å². The minimum Gasteiger partial charge on any atom is -0.388 e. The van der Waals surface area contributed by atoms with Gasteiger partial charge in [-0.15, -0.1) is 0 Å². The molecule has 2 unspecified atom stereocenters. The molecule has 2 atom stereocenters. The molecule has 2 aromatic carbocycles. The summed E-state index contributed by atoms with van der Waals surface area (Å²) in [5, 5.41) is 11.2. The Morgan fingerprint density at radius 1 is 1.22 bits per heavy atom. The highest BCUT2D eigenvalue weighted by molar-refractivity contribution is 6.31. The van der Waals surface area contributed by atoms with Gasteiger partial charge in [-0.1, -0.05) is 48.0 Å². The first-order chi connectivity index (χ1) is 8.66. The maximum atomic E-state index is 10.4. The summed E-state index contributed by atoms with van der Waals surface area (Å²) in [6, 6.07) is 14.1. The Balaban J connectivity index is 1.88. The van der Waals surface area contributed by atoms with Crippen molar-refractivity contribution in [2.24, 2.45) is 0 Å². The first-order valence-corrected chi connectivity index (χ1v) is 6.56. The van der Waals surface area contributed by atoms with Gasteiger partial charge in [0.15, 0.2) is 0 Å². The smallest absolute Gasteiger partial charge is 0.0862 e. The zero-order valence-corrected chi connectivity index (χ0v) is 11.0. The maximum Gasteiger partial charge on any atom is 0.0862 e. The van der Waals surface area contributed by atoms with Gasteiger partial charge in [0.2, 0.25) is 0 Å². The van der Waals surface area contributed by atoms with Gasteiger partial charge in [-0.25, -0.2) is 0 Å². The molecule has 2 aromatic rings. The molecule has 0 bridgehead atoms. The van der Waals surface area contributed by atoms with Crippen molar-refractivity contribution in [3.8, 4) is 0 Å².